The minimum Gasteiger partial charge on any atom is -0.497 e. The van der Waals surface area contributed by atoms with Crippen molar-refractivity contribution in [3.05, 3.63) is 250 Å². The fraction of sp³-hybridized carbons (Fsp3) is 0.0357. The van der Waals surface area contributed by atoms with E-state index in [1.807, 2.05) is 24.3 Å². The third-order valence-corrected chi connectivity index (χ3v) is 10.4. The Kier molecular flexibility index (Phi) is 11.7. The highest BCUT2D eigenvalue weighted by Crippen LogP contribution is 2.31. The molecule has 0 aliphatic heterocycles. The molecule has 0 aliphatic carbocycles. The zero-order valence-electron chi connectivity index (χ0n) is 32.8. The van der Waals surface area contributed by atoms with Gasteiger partial charge >= 0.3 is 0 Å². The van der Waals surface area contributed by atoms with Crippen LogP contribution in [0.25, 0.3) is 58.4 Å². The summed E-state index contributed by atoms with van der Waals surface area (Å²) >= 11 is 0. The minimum absolute atomic E-state index is 0.846. The van der Waals surface area contributed by atoms with Crippen LogP contribution >= 0.6 is 0 Å². The number of hydrogen-bond acceptors (Lipinski definition) is 2. The zero-order valence-corrected chi connectivity index (χ0v) is 32.8. The number of benzene rings is 8. The average molecular weight is 749 g/mol. The van der Waals surface area contributed by atoms with E-state index in [1.54, 1.807) is 14.2 Å². The van der Waals surface area contributed by atoms with Gasteiger partial charge in [0, 0.05) is 0 Å². The first-order valence-corrected chi connectivity index (χ1v) is 19.5. The molecule has 280 valence electrons. The van der Waals surface area contributed by atoms with Crippen LogP contribution in [-0.2, 0) is 0 Å². The second kappa shape index (κ2) is 18.0. The molecule has 0 aromatic heterocycles. The van der Waals surface area contributed by atoms with Gasteiger partial charge in [0.05, 0.1) is 14.2 Å². The lowest BCUT2D eigenvalue weighted by atomic mass is 9.95. The molecule has 0 amide bonds. The molecule has 8 rings (SSSR count). The molecule has 8 aromatic rings. The van der Waals surface area contributed by atoms with Gasteiger partial charge in [0.25, 0.3) is 0 Å². The average Bonchev–Trinajstić information content (AvgIpc) is 3.30. The minimum atomic E-state index is 0.846. The summed E-state index contributed by atoms with van der Waals surface area (Å²) in [6, 6.07) is 68.1. The Morgan fingerprint density at radius 2 is 0.759 bits per heavy atom. The lowest BCUT2D eigenvalue weighted by molar-refractivity contribution is 0.414. The molecule has 58 heavy (non-hydrogen) atoms. The van der Waals surface area contributed by atoms with Crippen molar-refractivity contribution in [3.63, 3.8) is 0 Å². The highest BCUT2D eigenvalue weighted by atomic mass is 16.5. The number of hydrogen-bond donors (Lipinski definition) is 0. The molecule has 0 bridgehead atoms. The Hall–Kier alpha value is -7.42. The predicted molar refractivity (Wildman–Crippen MR) is 248 cm³/mol. The standard InChI is InChI=1S/C56H44O2/c1-57-51-34-30-49(31-35-51)55(45-11-5-3-6-12-45)39-43-21-17-41(18-22-43)25-27-48-29-28-47-15-9-10-16-53(47)54(48)38-26-42-19-23-44(24-20-42)40-56(46-13-7-4-8-14-46)50-32-36-52(58-2)37-33-50/h3-40H,1-2H3. The largest absolute Gasteiger partial charge is 0.497 e. The van der Waals surface area contributed by atoms with Crippen molar-refractivity contribution in [2.75, 3.05) is 14.2 Å². The molecular weight excluding hydrogens is 705 g/mol. The summed E-state index contributed by atoms with van der Waals surface area (Å²) in [6.45, 7) is 0. The third kappa shape index (κ3) is 8.99. The summed E-state index contributed by atoms with van der Waals surface area (Å²) in [7, 11) is 3.39. The van der Waals surface area contributed by atoms with Gasteiger partial charge in [-0.25, -0.2) is 0 Å². The molecule has 0 aliphatic rings. The lowest BCUT2D eigenvalue weighted by Crippen LogP contribution is -1.90. The summed E-state index contributed by atoms with van der Waals surface area (Å²) in [4.78, 5) is 0. The molecule has 2 heteroatoms. The van der Waals surface area contributed by atoms with Crippen molar-refractivity contribution in [1.82, 2.24) is 0 Å². The van der Waals surface area contributed by atoms with E-state index < -0.39 is 0 Å². The first-order valence-electron chi connectivity index (χ1n) is 19.5. The summed E-state index contributed by atoms with van der Waals surface area (Å²) in [5.41, 5.74) is 13.9. The third-order valence-electron chi connectivity index (χ3n) is 10.4. The molecule has 0 heterocycles. The van der Waals surface area contributed by atoms with Gasteiger partial charge in [0.2, 0.25) is 0 Å². The Labute approximate surface area is 342 Å². The summed E-state index contributed by atoms with van der Waals surface area (Å²) < 4.78 is 10.8. The Bertz CT molecular complexity index is 2720. The second-order valence-corrected chi connectivity index (χ2v) is 14.1. The Morgan fingerprint density at radius 1 is 0.345 bits per heavy atom. The van der Waals surface area contributed by atoms with Gasteiger partial charge in [-0.1, -0.05) is 194 Å². The zero-order chi connectivity index (χ0) is 39.5. The molecular formula is C56H44O2. The van der Waals surface area contributed by atoms with Crippen LogP contribution in [0.3, 0.4) is 0 Å². The van der Waals surface area contributed by atoms with Gasteiger partial charge < -0.3 is 9.47 Å². The second-order valence-electron chi connectivity index (χ2n) is 14.1. The van der Waals surface area contributed by atoms with Gasteiger partial charge in [-0.15, -0.1) is 0 Å². The number of ether oxygens (including phenoxy) is 2. The molecule has 0 spiro atoms. The van der Waals surface area contributed by atoms with E-state index in [0.717, 1.165) is 61.6 Å². The number of rotatable bonds is 12. The highest BCUT2D eigenvalue weighted by molar-refractivity contribution is 5.98. The lowest BCUT2D eigenvalue weighted by Gasteiger charge is -2.10. The molecule has 0 radical (unpaired) electrons. The molecule has 8 aromatic carbocycles. The SMILES string of the molecule is COc1ccc(C(=Cc2ccc(C=Cc3ccc4ccccc4c3C=Cc3ccc(C=C(c4ccccc4)c4ccc(OC)cc4)cc3)cc2)c2ccccc2)cc1. The summed E-state index contributed by atoms with van der Waals surface area (Å²) in [5.74, 6) is 1.69. The van der Waals surface area contributed by atoms with Crippen molar-refractivity contribution in [2.45, 2.75) is 0 Å². The number of fused-ring (bicyclic) bond motifs is 1. The van der Waals surface area contributed by atoms with Crippen molar-refractivity contribution in [2.24, 2.45) is 0 Å². The predicted octanol–water partition coefficient (Wildman–Crippen LogP) is 14.4. The van der Waals surface area contributed by atoms with E-state index >= 15 is 0 Å². The molecule has 0 saturated heterocycles. The molecule has 0 unspecified atom stereocenters. The normalized spacial score (nSPS) is 12.0. The van der Waals surface area contributed by atoms with Gasteiger partial charge in [-0.05, 0) is 114 Å². The van der Waals surface area contributed by atoms with Crippen LogP contribution < -0.4 is 9.47 Å². The first kappa shape index (κ1) is 37.5. The molecule has 0 fully saturated rings. The van der Waals surface area contributed by atoms with Crippen LogP contribution in [0.1, 0.15) is 55.6 Å². The van der Waals surface area contributed by atoms with E-state index in [4.69, 9.17) is 9.47 Å². The van der Waals surface area contributed by atoms with E-state index in [9.17, 15) is 0 Å². The van der Waals surface area contributed by atoms with Gasteiger partial charge in [-0.3, -0.25) is 0 Å². The maximum atomic E-state index is 5.41. The van der Waals surface area contributed by atoms with Gasteiger partial charge in [-0.2, -0.15) is 0 Å². The number of methoxy groups -OCH3 is 2. The molecule has 0 N–H and O–H groups in total. The first-order chi connectivity index (χ1) is 28.6. The van der Waals surface area contributed by atoms with Crippen molar-refractivity contribution in [3.8, 4) is 11.5 Å². The van der Waals surface area contributed by atoms with Crippen LogP contribution in [0.5, 0.6) is 11.5 Å². The van der Waals surface area contributed by atoms with Crippen molar-refractivity contribution >= 4 is 58.4 Å². The van der Waals surface area contributed by atoms with Crippen LogP contribution in [0.4, 0.5) is 0 Å². The maximum absolute atomic E-state index is 5.41. The van der Waals surface area contributed by atoms with Gasteiger partial charge in [0.1, 0.15) is 11.5 Å². The van der Waals surface area contributed by atoms with Crippen LogP contribution in [0, 0.1) is 0 Å². The smallest absolute Gasteiger partial charge is 0.118 e. The molecule has 0 atom stereocenters. The van der Waals surface area contributed by atoms with Gasteiger partial charge in [0.15, 0.2) is 0 Å². The quantitative estimate of drug-likeness (QED) is 0.116. The van der Waals surface area contributed by atoms with Crippen LogP contribution in [0.2, 0.25) is 0 Å². The van der Waals surface area contributed by atoms with E-state index in [2.05, 4.69) is 206 Å². The summed E-state index contributed by atoms with van der Waals surface area (Å²) in [6.07, 6.45) is 13.4. The Balaban J connectivity index is 1.05. The monoisotopic (exact) mass is 748 g/mol. The van der Waals surface area contributed by atoms with E-state index in [0.29, 0.717) is 0 Å². The van der Waals surface area contributed by atoms with Crippen LogP contribution in [-0.4, -0.2) is 14.2 Å². The molecule has 2 nitrogen and oxygen atoms in total. The highest BCUT2D eigenvalue weighted by Gasteiger charge is 2.09. The van der Waals surface area contributed by atoms with E-state index in [1.165, 1.54) is 27.5 Å². The van der Waals surface area contributed by atoms with Crippen molar-refractivity contribution < 1.29 is 9.47 Å². The fourth-order valence-electron chi connectivity index (χ4n) is 7.19. The summed E-state index contributed by atoms with van der Waals surface area (Å²) in [5, 5.41) is 2.44. The topological polar surface area (TPSA) is 18.5 Å². The fourth-order valence-corrected chi connectivity index (χ4v) is 7.19. The van der Waals surface area contributed by atoms with Crippen LogP contribution in [0.15, 0.2) is 194 Å². The van der Waals surface area contributed by atoms with Crippen molar-refractivity contribution in [1.29, 1.82) is 0 Å². The maximum Gasteiger partial charge on any atom is 0.118 e. The Morgan fingerprint density at radius 3 is 1.24 bits per heavy atom. The molecule has 0 saturated carbocycles. The van der Waals surface area contributed by atoms with E-state index in [-0.39, 0.29) is 0 Å².